The summed E-state index contributed by atoms with van der Waals surface area (Å²) in [6, 6.07) is 11.6. The van der Waals surface area contributed by atoms with Gasteiger partial charge in [0.05, 0.1) is 19.1 Å². The number of carbonyl (C=O) groups is 1. The molecule has 2 aromatic carbocycles. The molecule has 23 heavy (non-hydrogen) atoms. The minimum atomic E-state index is -0.287. The van der Waals surface area contributed by atoms with Crippen LogP contribution in [0.2, 0.25) is 0 Å². The molecule has 1 aliphatic heterocycles. The van der Waals surface area contributed by atoms with E-state index < -0.39 is 0 Å². The van der Waals surface area contributed by atoms with Crippen LogP contribution in [0, 0.1) is 0 Å². The molecule has 0 aliphatic carbocycles. The minimum Gasteiger partial charge on any atom is -0.496 e. The van der Waals surface area contributed by atoms with Crippen molar-refractivity contribution in [2.75, 3.05) is 12.4 Å². The van der Waals surface area contributed by atoms with Crippen LogP contribution < -0.4 is 15.8 Å². The zero-order valence-corrected chi connectivity index (χ0v) is 13.7. The molecule has 0 radical (unpaired) electrons. The van der Waals surface area contributed by atoms with Crippen LogP contribution in [0.15, 0.2) is 36.4 Å². The molecule has 1 amide bonds. The van der Waals surface area contributed by atoms with Crippen molar-refractivity contribution in [3.8, 4) is 5.75 Å². The van der Waals surface area contributed by atoms with E-state index in [1.165, 1.54) is 0 Å². The molecule has 4 nitrogen and oxygen atoms in total. The third-order valence-electron chi connectivity index (χ3n) is 4.59. The number of nitrogens with one attached hydrogen (secondary N) is 1. The van der Waals surface area contributed by atoms with Crippen LogP contribution in [0.5, 0.6) is 5.75 Å². The molecule has 3 rings (SSSR count). The molecular weight excluding hydrogens is 288 g/mol. The van der Waals surface area contributed by atoms with Crippen molar-refractivity contribution in [1.82, 2.24) is 0 Å². The maximum absolute atomic E-state index is 12.0. The van der Waals surface area contributed by atoms with Crippen LogP contribution in [0.1, 0.15) is 48.1 Å². The van der Waals surface area contributed by atoms with Crippen LogP contribution in [0.4, 0.5) is 5.69 Å². The Labute approximate surface area is 136 Å². The van der Waals surface area contributed by atoms with E-state index in [1.807, 2.05) is 37.3 Å². The number of ether oxygens (including phenoxy) is 1. The molecule has 0 aromatic heterocycles. The molecule has 1 heterocycles. The van der Waals surface area contributed by atoms with Gasteiger partial charge in [-0.05, 0) is 36.1 Å². The van der Waals surface area contributed by atoms with Crippen LogP contribution in [-0.2, 0) is 11.2 Å². The number of para-hydroxylation sites is 1. The Morgan fingerprint density at radius 2 is 2.04 bits per heavy atom. The molecule has 2 unspecified atom stereocenters. The van der Waals surface area contributed by atoms with Gasteiger partial charge in [-0.3, -0.25) is 4.79 Å². The first-order chi connectivity index (χ1) is 11.1. The molecule has 0 saturated heterocycles. The van der Waals surface area contributed by atoms with Crippen molar-refractivity contribution in [2.24, 2.45) is 5.73 Å². The Balaban J connectivity index is 2.09. The number of rotatable bonds is 4. The standard InChI is InChI=1S/C19H22N2O2/c1-4-12-9-13(10-15-11(2)19(22)21-18(12)15)17(20)14-7-5-6-8-16(14)23-3/h5-11,17H,4,20H2,1-3H3,(H,21,22). The highest BCUT2D eigenvalue weighted by Crippen LogP contribution is 2.39. The average Bonchev–Trinajstić information content (AvgIpc) is 2.88. The molecule has 0 fully saturated rings. The number of carbonyl (C=O) groups excluding carboxylic acids is 1. The van der Waals surface area contributed by atoms with Gasteiger partial charge >= 0.3 is 0 Å². The van der Waals surface area contributed by atoms with Gasteiger partial charge in [-0.25, -0.2) is 0 Å². The summed E-state index contributed by atoms with van der Waals surface area (Å²) < 4.78 is 5.43. The van der Waals surface area contributed by atoms with Crippen LogP contribution >= 0.6 is 0 Å². The highest BCUT2D eigenvalue weighted by Gasteiger charge is 2.29. The van der Waals surface area contributed by atoms with Gasteiger partial charge < -0.3 is 15.8 Å². The van der Waals surface area contributed by atoms with E-state index in [9.17, 15) is 4.79 Å². The van der Waals surface area contributed by atoms with Crippen molar-refractivity contribution >= 4 is 11.6 Å². The number of fused-ring (bicyclic) bond motifs is 1. The molecule has 0 spiro atoms. The summed E-state index contributed by atoms with van der Waals surface area (Å²) in [5, 5.41) is 2.99. The number of nitrogens with two attached hydrogens (primary N) is 1. The molecule has 2 atom stereocenters. The van der Waals surface area contributed by atoms with E-state index in [1.54, 1.807) is 7.11 Å². The van der Waals surface area contributed by atoms with Crippen molar-refractivity contribution in [3.05, 3.63) is 58.7 Å². The van der Waals surface area contributed by atoms with Crippen molar-refractivity contribution in [1.29, 1.82) is 0 Å². The summed E-state index contributed by atoms with van der Waals surface area (Å²) in [7, 11) is 1.65. The van der Waals surface area contributed by atoms with E-state index in [0.29, 0.717) is 0 Å². The van der Waals surface area contributed by atoms with E-state index in [2.05, 4.69) is 18.3 Å². The normalized spacial score (nSPS) is 17.6. The van der Waals surface area contributed by atoms with Gasteiger partial charge in [0.25, 0.3) is 0 Å². The summed E-state index contributed by atoms with van der Waals surface area (Å²) in [5.74, 6) is 0.693. The van der Waals surface area contributed by atoms with Crippen molar-refractivity contribution < 1.29 is 9.53 Å². The number of hydrogen-bond donors (Lipinski definition) is 2. The van der Waals surface area contributed by atoms with E-state index >= 15 is 0 Å². The van der Waals surface area contributed by atoms with Crippen LogP contribution in [0.3, 0.4) is 0 Å². The number of aryl methyl sites for hydroxylation is 1. The number of amides is 1. The summed E-state index contributed by atoms with van der Waals surface area (Å²) in [5.41, 5.74) is 11.6. The molecular formula is C19H22N2O2. The highest BCUT2D eigenvalue weighted by molar-refractivity contribution is 6.03. The van der Waals surface area contributed by atoms with Gasteiger partial charge in [-0.15, -0.1) is 0 Å². The van der Waals surface area contributed by atoms with Crippen LogP contribution in [0.25, 0.3) is 0 Å². The van der Waals surface area contributed by atoms with E-state index in [4.69, 9.17) is 10.5 Å². The van der Waals surface area contributed by atoms with Crippen LogP contribution in [-0.4, -0.2) is 13.0 Å². The Bertz CT molecular complexity index is 755. The van der Waals surface area contributed by atoms with E-state index in [-0.39, 0.29) is 17.9 Å². The molecule has 3 N–H and O–H groups in total. The second-order valence-electron chi connectivity index (χ2n) is 5.93. The zero-order valence-electron chi connectivity index (χ0n) is 13.7. The topological polar surface area (TPSA) is 64.3 Å². The Hall–Kier alpha value is -2.33. The number of anilines is 1. The fourth-order valence-corrected chi connectivity index (χ4v) is 3.18. The van der Waals surface area contributed by atoms with Gasteiger partial charge in [0, 0.05) is 11.3 Å². The maximum atomic E-state index is 12.0. The van der Waals surface area contributed by atoms with Gasteiger partial charge in [0.1, 0.15) is 5.75 Å². The predicted octanol–water partition coefficient (Wildman–Crippen LogP) is 3.36. The van der Waals surface area contributed by atoms with Gasteiger partial charge in [0.2, 0.25) is 5.91 Å². The Kier molecular flexibility index (Phi) is 4.09. The number of benzene rings is 2. The SMILES string of the molecule is CCc1cc(C(N)c2ccccc2OC)cc2c1NC(=O)C2C. The minimum absolute atomic E-state index is 0.0534. The number of methoxy groups -OCH3 is 1. The second-order valence-corrected chi connectivity index (χ2v) is 5.93. The predicted molar refractivity (Wildman–Crippen MR) is 91.9 cm³/mol. The summed E-state index contributed by atoms with van der Waals surface area (Å²) in [6.07, 6.45) is 0.849. The smallest absolute Gasteiger partial charge is 0.231 e. The summed E-state index contributed by atoms with van der Waals surface area (Å²) >= 11 is 0. The zero-order chi connectivity index (χ0) is 16.6. The molecule has 0 saturated carbocycles. The average molecular weight is 310 g/mol. The molecule has 120 valence electrons. The molecule has 1 aliphatic rings. The Morgan fingerprint density at radius 1 is 1.30 bits per heavy atom. The number of hydrogen-bond acceptors (Lipinski definition) is 3. The monoisotopic (exact) mass is 310 g/mol. The Morgan fingerprint density at radius 3 is 2.74 bits per heavy atom. The molecule has 2 aromatic rings. The first kappa shape index (κ1) is 15.6. The van der Waals surface area contributed by atoms with Gasteiger partial charge in [0.15, 0.2) is 0 Å². The quantitative estimate of drug-likeness (QED) is 0.910. The van der Waals surface area contributed by atoms with Crippen molar-refractivity contribution in [2.45, 2.75) is 32.2 Å². The van der Waals surface area contributed by atoms with Gasteiger partial charge in [-0.2, -0.15) is 0 Å². The van der Waals surface area contributed by atoms with Crippen molar-refractivity contribution in [3.63, 3.8) is 0 Å². The second kappa shape index (κ2) is 6.05. The largest absolute Gasteiger partial charge is 0.496 e. The molecule has 0 bridgehead atoms. The lowest BCUT2D eigenvalue weighted by molar-refractivity contribution is -0.116. The first-order valence-electron chi connectivity index (χ1n) is 7.92. The summed E-state index contributed by atoms with van der Waals surface area (Å²) in [6.45, 7) is 4.02. The highest BCUT2D eigenvalue weighted by atomic mass is 16.5. The lowest BCUT2D eigenvalue weighted by Gasteiger charge is -2.19. The fraction of sp³-hybridized carbons (Fsp3) is 0.316. The third kappa shape index (κ3) is 2.59. The van der Waals surface area contributed by atoms with E-state index in [0.717, 1.165) is 40.1 Å². The maximum Gasteiger partial charge on any atom is 0.231 e. The lowest BCUT2D eigenvalue weighted by Crippen LogP contribution is -2.14. The summed E-state index contributed by atoms with van der Waals surface area (Å²) in [4.78, 5) is 12.0. The van der Waals surface area contributed by atoms with Gasteiger partial charge in [-0.1, -0.05) is 37.3 Å². The fourth-order valence-electron chi connectivity index (χ4n) is 3.18. The lowest BCUT2D eigenvalue weighted by atomic mass is 9.91. The first-order valence-corrected chi connectivity index (χ1v) is 7.92. The third-order valence-corrected chi connectivity index (χ3v) is 4.59. The molecule has 4 heteroatoms.